The minimum absolute atomic E-state index is 0.130. The highest BCUT2D eigenvalue weighted by molar-refractivity contribution is 5.88. The van der Waals surface area contributed by atoms with Crippen molar-refractivity contribution in [2.24, 2.45) is 23.7 Å². The summed E-state index contributed by atoms with van der Waals surface area (Å²) in [6, 6.07) is 1.40. The number of fused-ring (bicyclic) bond motifs is 1. The number of amides is 2. The molecule has 2 amide bonds. The van der Waals surface area contributed by atoms with Crippen molar-refractivity contribution >= 4 is 11.8 Å². The van der Waals surface area contributed by atoms with Crippen molar-refractivity contribution in [1.82, 2.24) is 15.1 Å². The first-order chi connectivity index (χ1) is 14.9. The Labute approximate surface area is 187 Å². The van der Waals surface area contributed by atoms with E-state index in [4.69, 9.17) is 0 Å². The normalized spacial score (nSPS) is 40.2. The third-order valence-electron chi connectivity index (χ3n) is 9.21. The highest BCUT2D eigenvalue weighted by atomic mass is 16.3. The van der Waals surface area contributed by atoms with Crippen molar-refractivity contribution in [3.63, 3.8) is 0 Å². The fourth-order valence-electron chi connectivity index (χ4n) is 6.94. The van der Waals surface area contributed by atoms with E-state index in [9.17, 15) is 14.7 Å². The summed E-state index contributed by atoms with van der Waals surface area (Å²) >= 11 is 0. The number of rotatable bonds is 3. The van der Waals surface area contributed by atoms with Gasteiger partial charge in [-0.25, -0.2) is 0 Å². The van der Waals surface area contributed by atoms with E-state index in [1.165, 1.54) is 44.9 Å². The molecule has 0 bridgehead atoms. The Kier molecular flexibility index (Phi) is 6.06. The van der Waals surface area contributed by atoms with Crippen LogP contribution in [-0.4, -0.2) is 70.6 Å². The summed E-state index contributed by atoms with van der Waals surface area (Å²) < 4.78 is 0. The van der Waals surface area contributed by atoms with Crippen LogP contribution < -0.4 is 5.32 Å². The van der Waals surface area contributed by atoms with Crippen molar-refractivity contribution in [3.05, 3.63) is 0 Å². The SMILES string of the molecule is CC1CCC2NC(C3CCC(C(=O)N4CCN(C(=O)C5(O)CC5)CC4)CC3)CCC2C1. The van der Waals surface area contributed by atoms with Crippen molar-refractivity contribution in [1.29, 1.82) is 0 Å². The molecule has 31 heavy (non-hydrogen) atoms. The molecule has 5 rings (SSSR count). The second kappa shape index (κ2) is 8.66. The van der Waals surface area contributed by atoms with Crippen LogP contribution in [0.5, 0.6) is 0 Å². The Morgan fingerprint density at radius 2 is 1.39 bits per heavy atom. The second-order valence-electron chi connectivity index (χ2n) is 11.4. The fraction of sp³-hybridized carbons (Fsp3) is 0.920. The molecule has 0 aromatic heterocycles. The summed E-state index contributed by atoms with van der Waals surface area (Å²) in [5, 5.41) is 14.1. The molecule has 2 aliphatic heterocycles. The number of aliphatic hydroxyl groups is 1. The predicted molar refractivity (Wildman–Crippen MR) is 119 cm³/mol. The molecule has 3 aliphatic carbocycles. The lowest BCUT2D eigenvalue weighted by Gasteiger charge is -2.46. The van der Waals surface area contributed by atoms with Crippen molar-refractivity contribution in [3.8, 4) is 0 Å². The summed E-state index contributed by atoms with van der Waals surface area (Å²) in [4.78, 5) is 29.1. The number of hydrogen-bond acceptors (Lipinski definition) is 4. The number of piperazine rings is 1. The Morgan fingerprint density at radius 1 is 0.806 bits per heavy atom. The maximum Gasteiger partial charge on any atom is 0.254 e. The van der Waals surface area contributed by atoms with Gasteiger partial charge in [-0.3, -0.25) is 9.59 Å². The average molecular weight is 432 g/mol. The predicted octanol–water partition coefficient (Wildman–Crippen LogP) is 2.55. The van der Waals surface area contributed by atoms with Gasteiger partial charge in [0.2, 0.25) is 5.91 Å². The molecular weight excluding hydrogens is 390 g/mol. The second-order valence-corrected chi connectivity index (χ2v) is 11.4. The van der Waals surface area contributed by atoms with E-state index in [2.05, 4.69) is 12.2 Å². The van der Waals surface area contributed by atoms with E-state index in [-0.39, 0.29) is 11.8 Å². The maximum absolute atomic E-state index is 13.1. The molecular formula is C25H41N3O3. The number of nitrogens with zero attached hydrogens (tertiary/aromatic N) is 2. The standard InChI is InChI=1S/C25H41N3O3/c1-17-2-8-22-20(16-17)7-9-21(26-22)18-3-5-19(6-4-18)23(29)27-12-14-28(15-13-27)24(30)25(31)10-11-25/h17-22,26,31H,2-16H2,1H3. The molecule has 174 valence electrons. The van der Waals surface area contributed by atoms with Gasteiger partial charge in [-0.15, -0.1) is 0 Å². The average Bonchev–Trinajstić information content (AvgIpc) is 3.56. The van der Waals surface area contributed by atoms with Gasteiger partial charge < -0.3 is 20.2 Å². The molecule has 4 unspecified atom stereocenters. The molecule has 2 heterocycles. The van der Waals surface area contributed by atoms with Gasteiger partial charge in [0.05, 0.1) is 0 Å². The van der Waals surface area contributed by atoms with Crippen LogP contribution in [0.1, 0.15) is 77.6 Å². The van der Waals surface area contributed by atoms with Gasteiger partial charge in [-0.2, -0.15) is 0 Å². The third kappa shape index (κ3) is 4.52. The summed E-state index contributed by atoms with van der Waals surface area (Å²) in [5.41, 5.74) is -1.09. The first-order valence-electron chi connectivity index (χ1n) is 13.0. The minimum Gasteiger partial charge on any atom is -0.380 e. The molecule has 4 atom stereocenters. The molecule has 0 aromatic carbocycles. The van der Waals surface area contributed by atoms with Crippen LogP contribution in [0, 0.1) is 23.7 Å². The first-order valence-corrected chi connectivity index (χ1v) is 13.0. The summed E-state index contributed by atoms with van der Waals surface area (Å²) in [6.45, 7) is 4.78. The Bertz CT molecular complexity index is 677. The van der Waals surface area contributed by atoms with Crippen LogP contribution in [0.3, 0.4) is 0 Å². The summed E-state index contributed by atoms with van der Waals surface area (Å²) in [7, 11) is 0. The number of hydrogen-bond donors (Lipinski definition) is 2. The van der Waals surface area contributed by atoms with Gasteiger partial charge in [0.1, 0.15) is 5.60 Å². The van der Waals surface area contributed by atoms with Gasteiger partial charge in [-0.05, 0) is 88.4 Å². The molecule has 2 saturated heterocycles. The Balaban J connectivity index is 1.06. The van der Waals surface area contributed by atoms with E-state index < -0.39 is 5.60 Å². The van der Waals surface area contributed by atoms with E-state index in [0.717, 1.165) is 36.6 Å². The number of carbonyl (C=O) groups is 2. The van der Waals surface area contributed by atoms with Gasteiger partial charge in [0, 0.05) is 44.2 Å². The van der Waals surface area contributed by atoms with Crippen LogP contribution in [0.2, 0.25) is 0 Å². The fourth-order valence-corrected chi connectivity index (χ4v) is 6.94. The number of piperidine rings is 1. The minimum atomic E-state index is -1.09. The molecule has 0 radical (unpaired) electrons. The molecule has 2 N–H and O–H groups in total. The van der Waals surface area contributed by atoms with Crippen LogP contribution in [0.4, 0.5) is 0 Å². The molecule has 0 aromatic rings. The van der Waals surface area contributed by atoms with E-state index >= 15 is 0 Å². The molecule has 3 saturated carbocycles. The van der Waals surface area contributed by atoms with Crippen LogP contribution >= 0.6 is 0 Å². The first kappa shape index (κ1) is 21.7. The van der Waals surface area contributed by atoms with Crippen molar-refractivity contribution < 1.29 is 14.7 Å². The van der Waals surface area contributed by atoms with E-state index in [1.807, 2.05) is 4.90 Å². The highest BCUT2D eigenvalue weighted by Gasteiger charge is 2.50. The summed E-state index contributed by atoms with van der Waals surface area (Å²) in [5.74, 6) is 2.86. The zero-order valence-electron chi connectivity index (χ0n) is 19.2. The zero-order chi connectivity index (χ0) is 21.6. The van der Waals surface area contributed by atoms with Gasteiger partial charge in [-0.1, -0.05) is 6.92 Å². The number of carbonyl (C=O) groups excluding carboxylic acids is 2. The molecule has 0 spiro atoms. The third-order valence-corrected chi connectivity index (χ3v) is 9.21. The monoisotopic (exact) mass is 431 g/mol. The zero-order valence-corrected chi connectivity index (χ0v) is 19.2. The maximum atomic E-state index is 13.1. The molecule has 5 fully saturated rings. The van der Waals surface area contributed by atoms with Crippen LogP contribution in [0.25, 0.3) is 0 Å². The topological polar surface area (TPSA) is 72.9 Å². The quantitative estimate of drug-likeness (QED) is 0.720. The van der Waals surface area contributed by atoms with Crippen molar-refractivity contribution in [2.75, 3.05) is 26.2 Å². The van der Waals surface area contributed by atoms with E-state index in [0.29, 0.717) is 51.0 Å². The van der Waals surface area contributed by atoms with Crippen molar-refractivity contribution in [2.45, 2.75) is 95.2 Å². The summed E-state index contributed by atoms with van der Waals surface area (Å²) in [6.07, 6.45) is 12.4. The Hall–Kier alpha value is -1.14. The van der Waals surface area contributed by atoms with Gasteiger partial charge in [0.25, 0.3) is 5.91 Å². The highest BCUT2D eigenvalue weighted by Crippen LogP contribution is 2.40. The largest absolute Gasteiger partial charge is 0.380 e. The Morgan fingerprint density at radius 3 is 2.06 bits per heavy atom. The van der Waals surface area contributed by atoms with Crippen LogP contribution in [0.15, 0.2) is 0 Å². The lowest BCUT2D eigenvalue weighted by Crippen LogP contribution is -2.55. The lowest BCUT2D eigenvalue weighted by molar-refractivity contribution is -0.148. The smallest absolute Gasteiger partial charge is 0.254 e. The molecule has 5 aliphatic rings. The lowest BCUT2D eigenvalue weighted by atomic mass is 9.70. The van der Waals surface area contributed by atoms with Gasteiger partial charge >= 0.3 is 0 Å². The van der Waals surface area contributed by atoms with E-state index in [1.54, 1.807) is 4.90 Å². The molecule has 6 heteroatoms. The van der Waals surface area contributed by atoms with Crippen LogP contribution in [-0.2, 0) is 9.59 Å². The van der Waals surface area contributed by atoms with Gasteiger partial charge in [0.15, 0.2) is 0 Å². The number of nitrogens with one attached hydrogen (secondary N) is 1. The molecule has 6 nitrogen and oxygen atoms in total.